The number of carbonyl (C=O) groups is 1. The van der Waals surface area contributed by atoms with E-state index in [1.54, 1.807) is 17.8 Å². The van der Waals surface area contributed by atoms with Crippen LogP contribution in [0.3, 0.4) is 0 Å². The van der Waals surface area contributed by atoms with Crippen molar-refractivity contribution in [1.29, 1.82) is 0 Å². The van der Waals surface area contributed by atoms with Crippen molar-refractivity contribution in [2.75, 3.05) is 26.0 Å². The Morgan fingerprint density at radius 3 is 3.12 bits per heavy atom. The summed E-state index contributed by atoms with van der Waals surface area (Å²) in [4.78, 5) is 11.4. The number of esters is 1. The number of ether oxygens (including phenoxy) is 1. The topological polar surface area (TPSA) is 51.5 Å². The highest BCUT2D eigenvalue weighted by molar-refractivity contribution is 7.98. The van der Waals surface area contributed by atoms with Gasteiger partial charge in [-0.25, -0.2) is 4.79 Å². The minimum absolute atomic E-state index is 0.324. The highest BCUT2D eigenvalue weighted by Gasteiger charge is 2.18. The Morgan fingerprint density at radius 1 is 1.69 bits per heavy atom. The van der Waals surface area contributed by atoms with E-state index in [4.69, 9.17) is 4.42 Å². The van der Waals surface area contributed by atoms with Crippen LogP contribution in [0, 0.1) is 5.92 Å². The Balaban J connectivity index is 1.83. The van der Waals surface area contributed by atoms with Gasteiger partial charge in [-0.15, -0.1) is 0 Å². The number of nitrogens with one attached hydrogen (secondary N) is 1. The molecule has 4 nitrogen and oxygen atoms in total. The van der Waals surface area contributed by atoms with E-state index in [0.717, 1.165) is 30.5 Å². The highest BCUT2D eigenvalue weighted by Crippen LogP contribution is 2.21. The van der Waals surface area contributed by atoms with Gasteiger partial charge in [-0.1, -0.05) is 0 Å². The highest BCUT2D eigenvalue weighted by atomic mass is 32.2. The fraction of sp³-hybridized carbons (Fsp3) is 0.545. The van der Waals surface area contributed by atoms with Crippen LogP contribution in [0.5, 0.6) is 0 Å². The molecule has 0 amide bonds. The molecule has 1 saturated heterocycles. The zero-order valence-corrected chi connectivity index (χ0v) is 10.0. The summed E-state index contributed by atoms with van der Waals surface area (Å²) >= 11 is 1.80. The number of carbonyl (C=O) groups excluding carboxylic acids is 1. The number of hydrogen-bond acceptors (Lipinski definition) is 5. The number of rotatable bonds is 5. The molecule has 0 spiro atoms. The second-order valence-electron chi connectivity index (χ2n) is 3.79. The smallest absolute Gasteiger partial charge is 0.341 e. The zero-order valence-electron chi connectivity index (χ0n) is 9.19. The molecule has 0 bridgehead atoms. The first-order valence-electron chi connectivity index (χ1n) is 5.24. The van der Waals surface area contributed by atoms with Crippen LogP contribution >= 0.6 is 11.8 Å². The summed E-state index contributed by atoms with van der Waals surface area (Å²) in [5.74, 6) is 2.99. The Kier molecular flexibility index (Phi) is 3.90. The second kappa shape index (κ2) is 5.41. The van der Waals surface area contributed by atoms with Gasteiger partial charge in [-0.3, -0.25) is 0 Å². The van der Waals surface area contributed by atoms with Crippen molar-refractivity contribution >= 4 is 17.7 Å². The van der Waals surface area contributed by atoms with Crippen LogP contribution < -0.4 is 5.32 Å². The minimum Gasteiger partial charge on any atom is -0.468 e. The Bertz CT molecular complexity index is 360. The first-order valence-corrected chi connectivity index (χ1v) is 6.40. The number of hydrogen-bond donors (Lipinski definition) is 1. The van der Waals surface area contributed by atoms with E-state index >= 15 is 0 Å². The van der Waals surface area contributed by atoms with Crippen molar-refractivity contribution in [3.63, 3.8) is 0 Å². The van der Waals surface area contributed by atoms with Gasteiger partial charge in [0, 0.05) is 0 Å². The molecule has 0 radical (unpaired) electrons. The first kappa shape index (κ1) is 11.5. The molecule has 2 heterocycles. The molecule has 1 N–H and O–H groups in total. The fourth-order valence-electron chi connectivity index (χ4n) is 1.53. The third kappa shape index (κ3) is 2.59. The number of methoxy groups -OCH3 is 1. The summed E-state index contributed by atoms with van der Waals surface area (Å²) in [5.41, 5.74) is 0.543. The van der Waals surface area contributed by atoms with Crippen LogP contribution in [0.15, 0.2) is 16.7 Å². The molecule has 16 heavy (non-hydrogen) atoms. The Hall–Kier alpha value is -0.940. The van der Waals surface area contributed by atoms with E-state index < -0.39 is 0 Å². The SMILES string of the molecule is COC(=O)c1ccoc1CSCC1CNC1. The van der Waals surface area contributed by atoms with Crippen molar-refractivity contribution in [3.05, 3.63) is 23.7 Å². The molecular formula is C11H15NO3S. The number of furan rings is 1. The summed E-state index contributed by atoms with van der Waals surface area (Å²) in [7, 11) is 1.38. The predicted molar refractivity (Wildman–Crippen MR) is 62.6 cm³/mol. The van der Waals surface area contributed by atoms with Gasteiger partial charge in [-0.2, -0.15) is 11.8 Å². The van der Waals surface area contributed by atoms with E-state index in [-0.39, 0.29) is 5.97 Å². The van der Waals surface area contributed by atoms with E-state index in [1.807, 2.05) is 0 Å². The van der Waals surface area contributed by atoms with Crippen LogP contribution in [0.4, 0.5) is 0 Å². The third-order valence-electron chi connectivity index (χ3n) is 2.60. The minimum atomic E-state index is -0.324. The van der Waals surface area contributed by atoms with Gasteiger partial charge >= 0.3 is 5.97 Å². The van der Waals surface area contributed by atoms with Gasteiger partial charge in [0.25, 0.3) is 0 Å². The molecule has 0 atom stereocenters. The van der Waals surface area contributed by atoms with Crippen molar-refractivity contribution in [1.82, 2.24) is 5.32 Å². The van der Waals surface area contributed by atoms with E-state index in [9.17, 15) is 4.79 Å². The lowest BCUT2D eigenvalue weighted by Crippen LogP contribution is -2.43. The van der Waals surface area contributed by atoms with Crippen LogP contribution in [-0.2, 0) is 10.5 Å². The maximum atomic E-state index is 11.4. The van der Waals surface area contributed by atoms with Crippen molar-refractivity contribution in [3.8, 4) is 0 Å². The molecule has 0 aromatic carbocycles. The third-order valence-corrected chi connectivity index (χ3v) is 3.78. The summed E-state index contributed by atoms with van der Waals surface area (Å²) < 4.78 is 9.96. The van der Waals surface area contributed by atoms with Gasteiger partial charge in [0.1, 0.15) is 11.3 Å². The molecule has 5 heteroatoms. The summed E-state index contributed by atoms with van der Waals surface area (Å²) in [5, 5.41) is 3.23. The van der Waals surface area contributed by atoms with Gasteiger partial charge in [0.05, 0.1) is 19.1 Å². The lowest BCUT2D eigenvalue weighted by molar-refractivity contribution is 0.0598. The van der Waals surface area contributed by atoms with Gasteiger partial charge < -0.3 is 14.5 Å². The molecule has 2 rings (SSSR count). The Morgan fingerprint density at radius 2 is 2.50 bits per heavy atom. The van der Waals surface area contributed by atoms with Gasteiger partial charge in [0.15, 0.2) is 0 Å². The average molecular weight is 241 g/mol. The number of thioether (sulfide) groups is 1. The molecule has 0 unspecified atom stereocenters. The van der Waals surface area contributed by atoms with Crippen LogP contribution in [0.1, 0.15) is 16.1 Å². The first-order chi connectivity index (χ1) is 7.81. The second-order valence-corrected chi connectivity index (χ2v) is 4.82. The van der Waals surface area contributed by atoms with E-state index in [2.05, 4.69) is 10.1 Å². The molecule has 1 aromatic rings. The lowest BCUT2D eigenvalue weighted by atomic mass is 10.1. The lowest BCUT2D eigenvalue weighted by Gasteiger charge is -2.26. The van der Waals surface area contributed by atoms with Gasteiger partial charge in [-0.05, 0) is 30.8 Å². The standard InChI is InChI=1S/C11H15NO3S/c1-14-11(13)9-2-3-15-10(9)7-16-6-8-4-12-5-8/h2-3,8,12H,4-7H2,1H3. The van der Waals surface area contributed by atoms with Gasteiger partial charge in [0.2, 0.25) is 0 Å². The fourth-order valence-corrected chi connectivity index (χ4v) is 2.62. The van der Waals surface area contributed by atoms with Crippen LogP contribution in [-0.4, -0.2) is 31.9 Å². The maximum absolute atomic E-state index is 11.4. The van der Waals surface area contributed by atoms with Crippen molar-refractivity contribution in [2.24, 2.45) is 5.92 Å². The van der Waals surface area contributed by atoms with Crippen molar-refractivity contribution in [2.45, 2.75) is 5.75 Å². The molecule has 88 valence electrons. The maximum Gasteiger partial charge on any atom is 0.341 e. The van der Waals surface area contributed by atoms with E-state index in [1.165, 1.54) is 13.4 Å². The molecule has 1 aliphatic rings. The molecule has 0 saturated carbocycles. The summed E-state index contributed by atoms with van der Waals surface area (Å²) in [6.45, 7) is 2.21. The normalized spacial score (nSPS) is 15.8. The average Bonchev–Trinajstić information content (AvgIpc) is 2.69. The summed E-state index contributed by atoms with van der Waals surface area (Å²) in [6.07, 6.45) is 1.53. The molecule has 0 aliphatic carbocycles. The quantitative estimate of drug-likeness (QED) is 0.792. The predicted octanol–water partition coefficient (Wildman–Crippen LogP) is 1.52. The van der Waals surface area contributed by atoms with Crippen molar-refractivity contribution < 1.29 is 13.9 Å². The Labute approximate surface area is 98.7 Å². The molecule has 1 aliphatic heterocycles. The summed E-state index contributed by atoms with van der Waals surface area (Å²) in [6, 6.07) is 1.66. The van der Waals surface area contributed by atoms with Crippen LogP contribution in [0.2, 0.25) is 0 Å². The molecule has 1 aromatic heterocycles. The molecular weight excluding hydrogens is 226 g/mol. The zero-order chi connectivity index (χ0) is 11.4. The van der Waals surface area contributed by atoms with E-state index in [0.29, 0.717) is 11.3 Å². The monoisotopic (exact) mass is 241 g/mol. The van der Waals surface area contributed by atoms with Crippen LogP contribution in [0.25, 0.3) is 0 Å². The molecule has 1 fully saturated rings. The largest absolute Gasteiger partial charge is 0.468 e.